The topological polar surface area (TPSA) is 55.1 Å². The highest BCUT2D eigenvalue weighted by molar-refractivity contribution is 5.94. The van der Waals surface area contributed by atoms with Gasteiger partial charge in [0.15, 0.2) is 5.78 Å². The van der Waals surface area contributed by atoms with E-state index in [2.05, 4.69) is 10.3 Å². The Morgan fingerprint density at radius 2 is 2.06 bits per heavy atom. The van der Waals surface area contributed by atoms with Gasteiger partial charge in [0.25, 0.3) is 0 Å². The Morgan fingerprint density at radius 1 is 1.35 bits per heavy atom. The molecule has 0 aliphatic carbocycles. The molecule has 2 aromatic rings. The van der Waals surface area contributed by atoms with Crippen LogP contribution in [0.2, 0.25) is 0 Å². The van der Waals surface area contributed by atoms with Gasteiger partial charge in [0.05, 0.1) is 12.7 Å². The van der Waals surface area contributed by atoms with Gasteiger partial charge in [-0.2, -0.15) is 0 Å². The van der Waals surface area contributed by atoms with Crippen molar-refractivity contribution in [2.45, 2.75) is 20.4 Å². The maximum absolute atomic E-state index is 11.1. The highest BCUT2D eigenvalue weighted by Gasteiger charge is 2.01. The summed E-state index contributed by atoms with van der Waals surface area (Å²) in [6.45, 7) is 3.95. The number of oxazole rings is 1. The number of hydrogen-bond donors (Lipinski definition) is 1. The number of ketones is 1. The first-order valence-electron chi connectivity index (χ1n) is 5.41. The lowest BCUT2D eigenvalue weighted by molar-refractivity contribution is 0.101. The third-order valence-corrected chi connectivity index (χ3v) is 2.40. The molecule has 0 radical (unpaired) electrons. The number of anilines is 1. The third kappa shape index (κ3) is 2.93. The third-order valence-electron chi connectivity index (χ3n) is 2.40. The molecule has 0 amide bonds. The van der Waals surface area contributed by atoms with Crippen molar-refractivity contribution >= 4 is 11.5 Å². The predicted molar refractivity (Wildman–Crippen MR) is 65.0 cm³/mol. The Hall–Kier alpha value is -2.10. The first-order valence-corrected chi connectivity index (χ1v) is 5.41. The SMILES string of the molecule is CC(=O)c1ccc(NCc2ncc(C)o2)cc1. The van der Waals surface area contributed by atoms with Gasteiger partial charge in [-0.3, -0.25) is 4.79 Å². The molecule has 0 saturated heterocycles. The average molecular weight is 230 g/mol. The molecule has 0 aliphatic rings. The number of nitrogens with zero attached hydrogens (tertiary/aromatic N) is 1. The summed E-state index contributed by atoms with van der Waals surface area (Å²) in [5.41, 5.74) is 1.65. The van der Waals surface area contributed by atoms with E-state index in [9.17, 15) is 4.79 Å². The van der Waals surface area contributed by atoms with Crippen LogP contribution in [0.5, 0.6) is 0 Å². The van der Waals surface area contributed by atoms with Crippen molar-refractivity contribution in [2.24, 2.45) is 0 Å². The molecule has 1 aromatic carbocycles. The molecule has 0 fully saturated rings. The maximum atomic E-state index is 11.1. The minimum atomic E-state index is 0.0693. The van der Waals surface area contributed by atoms with Crippen molar-refractivity contribution in [3.8, 4) is 0 Å². The lowest BCUT2D eigenvalue weighted by Crippen LogP contribution is -2.00. The number of aromatic nitrogens is 1. The molecule has 0 bridgehead atoms. The number of benzene rings is 1. The molecule has 2 rings (SSSR count). The van der Waals surface area contributed by atoms with Crippen LogP contribution in [-0.2, 0) is 6.54 Å². The van der Waals surface area contributed by atoms with Crippen LogP contribution < -0.4 is 5.32 Å². The Kier molecular flexibility index (Phi) is 3.23. The van der Waals surface area contributed by atoms with Gasteiger partial charge in [-0.05, 0) is 38.1 Å². The first-order chi connectivity index (χ1) is 8.15. The predicted octanol–water partition coefficient (Wildman–Crippen LogP) is 2.80. The molecular weight excluding hydrogens is 216 g/mol. The van der Waals surface area contributed by atoms with E-state index in [1.54, 1.807) is 25.3 Å². The highest BCUT2D eigenvalue weighted by atomic mass is 16.4. The fourth-order valence-electron chi connectivity index (χ4n) is 1.48. The summed E-state index contributed by atoms with van der Waals surface area (Å²) in [6, 6.07) is 7.33. The summed E-state index contributed by atoms with van der Waals surface area (Å²) < 4.78 is 5.34. The van der Waals surface area contributed by atoms with Crippen LogP contribution in [0.25, 0.3) is 0 Å². The molecule has 0 saturated carbocycles. The second-order valence-electron chi connectivity index (χ2n) is 3.85. The van der Waals surface area contributed by atoms with E-state index in [1.165, 1.54) is 0 Å². The Morgan fingerprint density at radius 3 is 2.59 bits per heavy atom. The maximum Gasteiger partial charge on any atom is 0.213 e. The second-order valence-corrected chi connectivity index (χ2v) is 3.85. The number of carbonyl (C=O) groups excluding carboxylic acids is 1. The van der Waals surface area contributed by atoms with Gasteiger partial charge in [-0.15, -0.1) is 0 Å². The van der Waals surface area contributed by atoms with Crippen LogP contribution in [0, 0.1) is 6.92 Å². The normalized spacial score (nSPS) is 10.2. The van der Waals surface area contributed by atoms with E-state index in [1.807, 2.05) is 19.1 Å². The molecule has 1 heterocycles. The molecular formula is C13H14N2O2. The van der Waals surface area contributed by atoms with E-state index in [-0.39, 0.29) is 5.78 Å². The smallest absolute Gasteiger partial charge is 0.213 e. The lowest BCUT2D eigenvalue weighted by atomic mass is 10.1. The van der Waals surface area contributed by atoms with Crippen LogP contribution in [0.3, 0.4) is 0 Å². The minimum absolute atomic E-state index is 0.0693. The zero-order valence-electron chi connectivity index (χ0n) is 9.86. The molecule has 0 aliphatic heterocycles. The zero-order valence-corrected chi connectivity index (χ0v) is 9.86. The number of Topliss-reactive ketones (excluding diaryl/α,β-unsaturated/α-hetero) is 1. The standard InChI is InChI=1S/C13H14N2O2/c1-9-7-15-13(17-9)8-14-12-5-3-11(4-6-12)10(2)16/h3-7,14H,8H2,1-2H3. The van der Waals surface area contributed by atoms with Crippen molar-refractivity contribution in [2.75, 3.05) is 5.32 Å². The van der Waals surface area contributed by atoms with Crippen LogP contribution in [0.4, 0.5) is 5.69 Å². The molecule has 0 unspecified atom stereocenters. The largest absolute Gasteiger partial charge is 0.444 e. The first kappa shape index (κ1) is 11.4. The number of hydrogen-bond acceptors (Lipinski definition) is 4. The fourth-order valence-corrected chi connectivity index (χ4v) is 1.48. The highest BCUT2D eigenvalue weighted by Crippen LogP contribution is 2.11. The van der Waals surface area contributed by atoms with E-state index < -0.39 is 0 Å². The molecule has 0 atom stereocenters. The Balaban J connectivity index is 1.97. The molecule has 1 N–H and O–H groups in total. The van der Waals surface area contributed by atoms with Crippen molar-refractivity contribution in [1.82, 2.24) is 4.98 Å². The van der Waals surface area contributed by atoms with E-state index in [0.29, 0.717) is 18.0 Å². The van der Waals surface area contributed by atoms with E-state index in [4.69, 9.17) is 4.42 Å². The summed E-state index contributed by atoms with van der Waals surface area (Å²) >= 11 is 0. The number of nitrogens with one attached hydrogen (secondary N) is 1. The quantitative estimate of drug-likeness (QED) is 0.820. The Labute approximate surface area is 99.7 Å². The van der Waals surface area contributed by atoms with Gasteiger partial charge in [-0.1, -0.05) is 0 Å². The summed E-state index contributed by atoms with van der Waals surface area (Å²) in [5, 5.41) is 3.17. The van der Waals surface area contributed by atoms with Crippen molar-refractivity contribution in [1.29, 1.82) is 0 Å². The number of rotatable bonds is 4. The van der Waals surface area contributed by atoms with E-state index in [0.717, 1.165) is 11.4 Å². The lowest BCUT2D eigenvalue weighted by Gasteiger charge is -2.04. The molecule has 1 aromatic heterocycles. The molecule has 0 spiro atoms. The Bertz CT molecular complexity index is 514. The summed E-state index contributed by atoms with van der Waals surface area (Å²) in [7, 11) is 0. The van der Waals surface area contributed by atoms with Crippen molar-refractivity contribution < 1.29 is 9.21 Å². The van der Waals surface area contributed by atoms with Gasteiger partial charge in [-0.25, -0.2) is 4.98 Å². The van der Waals surface area contributed by atoms with Crippen molar-refractivity contribution in [3.63, 3.8) is 0 Å². The van der Waals surface area contributed by atoms with Gasteiger partial charge >= 0.3 is 0 Å². The minimum Gasteiger partial charge on any atom is -0.444 e. The fraction of sp³-hybridized carbons (Fsp3) is 0.231. The van der Waals surface area contributed by atoms with Crippen molar-refractivity contribution in [3.05, 3.63) is 47.7 Å². The number of aryl methyl sites for hydroxylation is 1. The van der Waals surface area contributed by atoms with E-state index >= 15 is 0 Å². The van der Waals surface area contributed by atoms with Crippen LogP contribution in [0.1, 0.15) is 28.9 Å². The zero-order chi connectivity index (χ0) is 12.3. The summed E-state index contributed by atoms with van der Waals surface area (Å²) in [6.07, 6.45) is 1.69. The molecule has 4 nitrogen and oxygen atoms in total. The number of carbonyl (C=O) groups is 1. The second kappa shape index (κ2) is 4.82. The molecule has 4 heteroatoms. The molecule has 17 heavy (non-hydrogen) atoms. The van der Waals surface area contributed by atoms with Crippen LogP contribution in [-0.4, -0.2) is 10.8 Å². The van der Waals surface area contributed by atoms with Gasteiger partial charge in [0.1, 0.15) is 5.76 Å². The van der Waals surface area contributed by atoms with Crippen LogP contribution >= 0.6 is 0 Å². The molecule has 88 valence electrons. The van der Waals surface area contributed by atoms with Crippen LogP contribution in [0.15, 0.2) is 34.9 Å². The summed E-state index contributed by atoms with van der Waals surface area (Å²) in [5.74, 6) is 1.52. The van der Waals surface area contributed by atoms with Gasteiger partial charge in [0.2, 0.25) is 5.89 Å². The monoisotopic (exact) mass is 230 g/mol. The van der Waals surface area contributed by atoms with Gasteiger partial charge in [0, 0.05) is 11.3 Å². The van der Waals surface area contributed by atoms with Gasteiger partial charge < -0.3 is 9.73 Å². The average Bonchev–Trinajstić information content (AvgIpc) is 2.73. The summed E-state index contributed by atoms with van der Waals surface area (Å²) in [4.78, 5) is 15.2.